The molecule has 2 heterocycles. The van der Waals surface area contributed by atoms with Crippen molar-refractivity contribution in [1.82, 2.24) is 10.3 Å². The number of benzene rings is 1. The number of ether oxygens (including phenoxy) is 2. The molecule has 0 spiro atoms. The van der Waals surface area contributed by atoms with Gasteiger partial charge in [0.05, 0.1) is 19.6 Å². The van der Waals surface area contributed by atoms with Gasteiger partial charge >= 0.3 is 0 Å². The average molecular weight is 334 g/mol. The SMILES string of the molecule is C[C@@H](CNC(=O)Cc1c[nH]c2ccc(F)cc12)CC1(C)OCCO1. The first-order valence-corrected chi connectivity index (χ1v) is 8.25. The number of carbonyl (C=O) groups is 1. The fraction of sp³-hybridized carbons (Fsp3) is 0.500. The predicted octanol–water partition coefficient (Wildman–Crippen LogP) is 2.75. The lowest BCUT2D eigenvalue weighted by molar-refractivity contribution is -0.154. The third kappa shape index (κ3) is 3.94. The number of aromatic nitrogens is 1. The van der Waals surface area contributed by atoms with Crippen LogP contribution in [-0.2, 0) is 20.7 Å². The van der Waals surface area contributed by atoms with Crippen LogP contribution < -0.4 is 5.32 Å². The van der Waals surface area contributed by atoms with Gasteiger partial charge in [-0.1, -0.05) is 6.92 Å². The van der Waals surface area contributed by atoms with Gasteiger partial charge in [0.1, 0.15) is 5.82 Å². The van der Waals surface area contributed by atoms with Crippen LogP contribution in [0.4, 0.5) is 4.39 Å². The summed E-state index contributed by atoms with van der Waals surface area (Å²) in [7, 11) is 0. The maximum absolute atomic E-state index is 13.4. The van der Waals surface area contributed by atoms with Crippen molar-refractivity contribution in [3.63, 3.8) is 0 Å². The average Bonchev–Trinajstić information content (AvgIpc) is 3.12. The molecule has 1 fully saturated rings. The number of rotatable bonds is 6. The monoisotopic (exact) mass is 334 g/mol. The van der Waals surface area contributed by atoms with E-state index in [9.17, 15) is 9.18 Å². The van der Waals surface area contributed by atoms with Crippen molar-refractivity contribution >= 4 is 16.8 Å². The van der Waals surface area contributed by atoms with Gasteiger partial charge in [-0.05, 0) is 36.6 Å². The summed E-state index contributed by atoms with van der Waals surface area (Å²) in [6.45, 7) is 5.77. The van der Waals surface area contributed by atoms with Crippen LogP contribution >= 0.6 is 0 Å². The quantitative estimate of drug-likeness (QED) is 0.854. The molecular formula is C18H23FN2O3. The molecule has 6 heteroatoms. The largest absolute Gasteiger partial charge is 0.361 e. The lowest BCUT2D eigenvalue weighted by Crippen LogP contribution is -2.34. The summed E-state index contributed by atoms with van der Waals surface area (Å²) in [4.78, 5) is 15.2. The first-order chi connectivity index (χ1) is 11.5. The maximum Gasteiger partial charge on any atom is 0.224 e. The van der Waals surface area contributed by atoms with Crippen molar-refractivity contribution in [1.29, 1.82) is 0 Å². The number of fused-ring (bicyclic) bond motifs is 1. The molecule has 1 aliphatic heterocycles. The number of amides is 1. The van der Waals surface area contributed by atoms with Crippen molar-refractivity contribution < 1.29 is 18.7 Å². The zero-order valence-corrected chi connectivity index (χ0v) is 14.0. The molecule has 1 aromatic heterocycles. The molecule has 3 rings (SSSR count). The van der Waals surface area contributed by atoms with Gasteiger partial charge in [-0.25, -0.2) is 4.39 Å². The molecule has 130 valence electrons. The molecule has 1 aliphatic rings. The molecule has 2 aromatic rings. The number of hydrogen-bond donors (Lipinski definition) is 2. The summed E-state index contributed by atoms with van der Waals surface area (Å²) in [5.74, 6) is -0.691. The van der Waals surface area contributed by atoms with Crippen LogP contribution in [0.5, 0.6) is 0 Å². The highest BCUT2D eigenvalue weighted by molar-refractivity contribution is 5.88. The smallest absolute Gasteiger partial charge is 0.224 e. The van der Waals surface area contributed by atoms with E-state index >= 15 is 0 Å². The molecule has 24 heavy (non-hydrogen) atoms. The van der Waals surface area contributed by atoms with Crippen molar-refractivity contribution in [2.75, 3.05) is 19.8 Å². The number of carbonyl (C=O) groups excluding carboxylic acids is 1. The van der Waals surface area contributed by atoms with Gasteiger partial charge in [0, 0.05) is 30.1 Å². The van der Waals surface area contributed by atoms with Crippen LogP contribution in [0.25, 0.3) is 10.9 Å². The first-order valence-electron chi connectivity index (χ1n) is 8.25. The van der Waals surface area contributed by atoms with E-state index in [1.807, 2.05) is 6.92 Å². The predicted molar refractivity (Wildman–Crippen MR) is 89.1 cm³/mol. The molecule has 1 atom stereocenters. The molecule has 1 saturated heterocycles. The van der Waals surface area contributed by atoms with E-state index in [0.717, 1.165) is 22.9 Å². The standard InChI is InChI=1S/C18H23FN2O3/c1-12(9-18(2)23-5-6-24-18)10-21-17(22)7-13-11-20-16-4-3-14(19)8-15(13)16/h3-4,8,11-12,20H,5-7,9-10H2,1-2H3,(H,21,22)/t12-/m1/s1. The van der Waals surface area contributed by atoms with Crippen molar-refractivity contribution in [3.8, 4) is 0 Å². The van der Waals surface area contributed by atoms with Crippen molar-refractivity contribution in [2.24, 2.45) is 5.92 Å². The third-order valence-corrected chi connectivity index (χ3v) is 4.35. The Labute approximate surface area is 140 Å². The van der Waals surface area contributed by atoms with Gasteiger partial charge in [0.15, 0.2) is 5.79 Å². The molecule has 0 aliphatic carbocycles. The summed E-state index contributed by atoms with van der Waals surface area (Å²) in [5.41, 5.74) is 1.63. The Morgan fingerprint density at radius 1 is 1.42 bits per heavy atom. The minimum atomic E-state index is -0.543. The van der Waals surface area contributed by atoms with Gasteiger partial charge in [0.2, 0.25) is 5.91 Å². The highest BCUT2D eigenvalue weighted by Gasteiger charge is 2.32. The van der Waals surface area contributed by atoms with Gasteiger partial charge in [-0.3, -0.25) is 4.79 Å². The van der Waals surface area contributed by atoms with E-state index < -0.39 is 5.79 Å². The molecular weight excluding hydrogens is 311 g/mol. The van der Waals surface area contributed by atoms with E-state index in [1.54, 1.807) is 12.3 Å². The number of nitrogens with one attached hydrogen (secondary N) is 2. The van der Waals surface area contributed by atoms with Gasteiger partial charge < -0.3 is 19.8 Å². The topological polar surface area (TPSA) is 63.4 Å². The molecule has 1 amide bonds. The highest BCUT2D eigenvalue weighted by atomic mass is 19.1. The Balaban J connectivity index is 1.52. The van der Waals surface area contributed by atoms with Crippen molar-refractivity contribution in [2.45, 2.75) is 32.5 Å². The zero-order valence-electron chi connectivity index (χ0n) is 14.0. The van der Waals surface area contributed by atoms with Crippen LogP contribution in [0.3, 0.4) is 0 Å². The minimum absolute atomic E-state index is 0.0783. The molecule has 0 unspecified atom stereocenters. The van der Waals surface area contributed by atoms with E-state index in [-0.39, 0.29) is 24.1 Å². The van der Waals surface area contributed by atoms with Crippen LogP contribution in [-0.4, -0.2) is 36.4 Å². The van der Waals surface area contributed by atoms with E-state index in [4.69, 9.17) is 9.47 Å². The van der Waals surface area contributed by atoms with E-state index in [2.05, 4.69) is 17.2 Å². The zero-order chi connectivity index (χ0) is 17.2. The van der Waals surface area contributed by atoms with E-state index in [0.29, 0.717) is 19.8 Å². The maximum atomic E-state index is 13.4. The number of H-pyrrole nitrogens is 1. The first kappa shape index (κ1) is 16.9. The van der Waals surface area contributed by atoms with Crippen LogP contribution in [0.15, 0.2) is 24.4 Å². The summed E-state index contributed by atoms with van der Waals surface area (Å²) >= 11 is 0. The molecule has 0 radical (unpaired) electrons. The highest BCUT2D eigenvalue weighted by Crippen LogP contribution is 2.26. The van der Waals surface area contributed by atoms with Gasteiger partial charge in [-0.15, -0.1) is 0 Å². The molecule has 1 aromatic carbocycles. The Morgan fingerprint density at radius 3 is 2.92 bits per heavy atom. The molecule has 0 saturated carbocycles. The molecule has 2 N–H and O–H groups in total. The van der Waals surface area contributed by atoms with E-state index in [1.165, 1.54) is 12.1 Å². The summed E-state index contributed by atoms with van der Waals surface area (Å²) in [6.07, 6.45) is 2.71. The fourth-order valence-electron chi connectivity index (χ4n) is 3.20. The molecule has 5 nitrogen and oxygen atoms in total. The Kier molecular flexibility index (Phi) is 4.87. The third-order valence-electron chi connectivity index (χ3n) is 4.35. The van der Waals surface area contributed by atoms with Crippen LogP contribution in [0.2, 0.25) is 0 Å². The second kappa shape index (κ2) is 6.91. The lowest BCUT2D eigenvalue weighted by Gasteiger charge is -2.26. The summed E-state index contributed by atoms with van der Waals surface area (Å²) < 4.78 is 24.6. The normalized spacial score (nSPS) is 18.0. The number of hydrogen-bond acceptors (Lipinski definition) is 3. The Bertz CT molecular complexity index is 722. The van der Waals surface area contributed by atoms with Crippen molar-refractivity contribution in [3.05, 3.63) is 35.8 Å². The second-order valence-electron chi connectivity index (χ2n) is 6.62. The second-order valence-corrected chi connectivity index (χ2v) is 6.62. The Morgan fingerprint density at radius 2 is 2.17 bits per heavy atom. The fourth-order valence-corrected chi connectivity index (χ4v) is 3.20. The molecule has 0 bridgehead atoms. The number of halogens is 1. The van der Waals surface area contributed by atoms with Gasteiger partial charge in [-0.2, -0.15) is 0 Å². The number of aromatic amines is 1. The minimum Gasteiger partial charge on any atom is -0.361 e. The lowest BCUT2D eigenvalue weighted by atomic mass is 10.0. The summed E-state index contributed by atoms with van der Waals surface area (Å²) in [5, 5.41) is 3.68. The van der Waals surface area contributed by atoms with Crippen LogP contribution in [0.1, 0.15) is 25.8 Å². The summed E-state index contributed by atoms with van der Waals surface area (Å²) in [6, 6.07) is 4.53. The van der Waals surface area contributed by atoms with Crippen LogP contribution in [0, 0.1) is 11.7 Å². The Hall–Kier alpha value is -1.92. The van der Waals surface area contributed by atoms with Gasteiger partial charge in [0.25, 0.3) is 0 Å².